The Balaban J connectivity index is 0.00000544. The van der Waals surface area contributed by atoms with Gasteiger partial charge in [-0.2, -0.15) is 0 Å². The first-order chi connectivity index (χ1) is 15.6. The molecule has 0 saturated carbocycles. The molecule has 9 heteroatoms. The van der Waals surface area contributed by atoms with Crippen molar-refractivity contribution < 1.29 is 79.9 Å². The molecular formula is C24H32KNO7. The second-order valence-electron chi connectivity index (χ2n) is 7.13. The number of nitrogens with zero attached hydrogens (tertiary/aromatic N) is 1. The quantitative estimate of drug-likeness (QED) is 0.138. The largest absolute Gasteiger partial charge is 1.00 e. The zero-order chi connectivity index (χ0) is 23.2. The first-order valence-electron chi connectivity index (χ1n) is 10.9. The summed E-state index contributed by atoms with van der Waals surface area (Å²) in [5.41, 5.74) is 1.01. The molecular weight excluding hydrogens is 453 g/mol. The molecule has 1 heterocycles. The molecule has 33 heavy (non-hydrogen) atoms. The third kappa shape index (κ3) is 10.7. The standard InChI is InChI=1S/C24H33NO7.K/c1-4-28-16-30-21-14-19-13-20(25-27)12-10-8-6-7-9-11-18(3)32-24(26)23(19)22(15-21)31-17-29-5-2;/h7,9-10,12,14-15,18,27H,4-6,8,11,13,16-17H2,1-3H3;/q;+1/p-1/b9-7+,12-10+,25-20-;/t18-;/m1./s1. The van der Waals surface area contributed by atoms with Gasteiger partial charge in [0.25, 0.3) is 0 Å². The Morgan fingerprint density at radius 2 is 1.76 bits per heavy atom. The third-order valence-corrected chi connectivity index (χ3v) is 4.62. The predicted molar refractivity (Wildman–Crippen MR) is 122 cm³/mol. The molecule has 0 amide bonds. The van der Waals surface area contributed by atoms with Crippen molar-refractivity contribution in [3.63, 3.8) is 0 Å². The van der Waals surface area contributed by atoms with E-state index >= 15 is 0 Å². The first-order valence-corrected chi connectivity index (χ1v) is 10.9. The fourth-order valence-electron chi connectivity index (χ4n) is 3.02. The molecule has 0 radical (unpaired) electrons. The zero-order valence-corrected chi connectivity index (χ0v) is 23.1. The number of ether oxygens (including phenoxy) is 5. The molecule has 0 saturated heterocycles. The smallest absolute Gasteiger partial charge is 0.792 e. The van der Waals surface area contributed by atoms with Crippen LogP contribution in [0.15, 0.2) is 41.6 Å². The molecule has 0 unspecified atom stereocenters. The van der Waals surface area contributed by atoms with E-state index in [0.29, 0.717) is 30.9 Å². The second-order valence-corrected chi connectivity index (χ2v) is 7.13. The van der Waals surface area contributed by atoms with Crippen LogP contribution in [0.5, 0.6) is 11.5 Å². The number of esters is 1. The molecule has 0 aliphatic carbocycles. The van der Waals surface area contributed by atoms with Crippen molar-refractivity contribution in [1.82, 2.24) is 0 Å². The Labute approximate surface area is 238 Å². The minimum atomic E-state index is -0.546. The van der Waals surface area contributed by atoms with E-state index in [1.54, 1.807) is 18.2 Å². The summed E-state index contributed by atoms with van der Waals surface area (Å²) in [6.45, 7) is 6.47. The number of hydrogen-bond acceptors (Lipinski definition) is 8. The van der Waals surface area contributed by atoms with Gasteiger partial charge in [0, 0.05) is 37.8 Å². The van der Waals surface area contributed by atoms with Crippen LogP contribution < -0.4 is 60.9 Å². The van der Waals surface area contributed by atoms with Crippen LogP contribution in [-0.2, 0) is 20.6 Å². The summed E-state index contributed by atoms with van der Waals surface area (Å²) >= 11 is 0. The average molecular weight is 486 g/mol. The van der Waals surface area contributed by atoms with Crippen molar-refractivity contribution in [2.45, 2.75) is 52.6 Å². The van der Waals surface area contributed by atoms with Crippen LogP contribution in [0.2, 0.25) is 0 Å². The molecule has 1 aromatic carbocycles. The van der Waals surface area contributed by atoms with E-state index in [9.17, 15) is 10.0 Å². The molecule has 1 aliphatic heterocycles. The molecule has 0 bridgehead atoms. The predicted octanol–water partition coefficient (Wildman–Crippen LogP) is 1.76. The number of hydrogen-bond donors (Lipinski definition) is 0. The van der Waals surface area contributed by atoms with Crippen molar-refractivity contribution in [2.24, 2.45) is 5.16 Å². The van der Waals surface area contributed by atoms with E-state index in [2.05, 4.69) is 5.16 Å². The first kappa shape index (κ1) is 29.8. The summed E-state index contributed by atoms with van der Waals surface area (Å²) < 4.78 is 27.6. The maximum absolute atomic E-state index is 13.1. The molecule has 0 fully saturated rings. The van der Waals surface area contributed by atoms with Gasteiger partial charge < -0.3 is 34.0 Å². The van der Waals surface area contributed by atoms with E-state index < -0.39 is 5.97 Å². The third-order valence-electron chi connectivity index (χ3n) is 4.62. The van der Waals surface area contributed by atoms with Gasteiger partial charge >= 0.3 is 57.4 Å². The molecule has 1 aromatic rings. The van der Waals surface area contributed by atoms with Gasteiger partial charge in [-0.05, 0) is 51.3 Å². The molecule has 1 aliphatic rings. The second kappa shape index (κ2) is 17.3. The molecule has 8 nitrogen and oxygen atoms in total. The summed E-state index contributed by atoms with van der Waals surface area (Å²) in [7, 11) is 0. The van der Waals surface area contributed by atoms with Crippen LogP contribution in [0.4, 0.5) is 0 Å². The van der Waals surface area contributed by atoms with Crippen LogP contribution in [0.3, 0.4) is 0 Å². The fraction of sp³-hybridized carbons (Fsp3) is 0.500. The number of carbonyl (C=O) groups excluding carboxylic acids is 1. The van der Waals surface area contributed by atoms with E-state index in [0.717, 1.165) is 12.8 Å². The van der Waals surface area contributed by atoms with Gasteiger partial charge in [-0.25, -0.2) is 4.79 Å². The van der Waals surface area contributed by atoms with Gasteiger partial charge in [0.2, 0.25) is 0 Å². The summed E-state index contributed by atoms with van der Waals surface area (Å²) in [6, 6.07) is 3.27. The van der Waals surface area contributed by atoms with Crippen molar-refractivity contribution >= 4 is 11.7 Å². The molecule has 0 spiro atoms. The van der Waals surface area contributed by atoms with Crippen LogP contribution in [0, 0.1) is 5.21 Å². The van der Waals surface area contributed by atoms with Gasteiger partial charge in [-0.1, -0.05) is 18.2 Å². The van der Waals surface area contributed by atoms with Crippen molar-refractivity contribution in [3.05, 3.63) is 52.8 Å². The Morgan fingerprint density at radius 3 is 2.45 bits per heavy atom. The summed E-state index contributed by atoms with van der Waals surface area (Å²) in [5, 5.41) is 14.6. The van der Waals surface area contributed by atoms with Gasteiger partial charge in [-0.3, -0.25) is 0 Å². The molecule has 2 rings (SSSR count). The maximum Gasteiger partial charge on any atom is 1.00 e. The van der Waals surface area contributed by atoms with Crippen molar-refractivity contribution in [2.75, 3.05) is 26.8 Å². The number of cyclic esters (lactones) is 1. The van der Waals surface area contributed by atoms with E-state index in [1.165, 1.54) is 0 Å². The summed E-state index contributed by atoms with van der Waals surface area (Å²) in [4.78, 5) is 13.1. The normalized spacial score (nSPS) is 20.0. The zero-order valence-electron chi connectivity index (χ0n) is 20.0. The number of benzene rings is 1. The van der Waals surface area contributed by atoms with Crippen LogP contribution in [0.1, 0.15) is 56.0 Å². The van der Waals surface area contributed by atoms with Crippen LogP contribution in [-0.4, -0.2) is 44.6 Å². The molecule has 0 N–H and O–H groups in total. The molecule has 0 aromatic heterocycles. The number of rotatable bonds is 8. The van der Waals surface area contributed by atoms with E-state index in [4.69, 9.17) is 23.7 Å². The summed E-state index contributed by atoms with van der Waals surface area (Å²) in [6.07, 6.45) is 9.58. The Kier molecular flexibility index (Phi) is 15.6. The van der Waals surface area contributed by atoms with Gasteiger partial charge in [-0.15, -0.1) is 0 Å². The molecule has 1 atom stereocenters. The van der Waals surface area contributed by atoms with Crippen molar-refractivity contribution in [1.29, 1.82) is 0 Å². The summed E-state index contributed by atoms with van der Waals surface area (Å²) in [5.74, 6) is 0.134. The monoisotopic (exact) mass is 485 g/mol. The Bertz CT molecular complexity index is 823. The van der Waals surface area contributed by atoms with E-state index in [-0.39, 0.29) is 94.5 Å². The van der Waals surface area contributed by atoms with Gasteiger partial charge in [0.1, 0.15) is 23.2 Å². The number of allylic oxidation sites excluding steroid dienone is 3. The number of carbonyl (C=O) groups is 1. The van der Waals surface area contributed by atoms with Crippen LogP contribution in [0.25, 0.3) is 0 Å². The van der Waals surface area contributed by atoms with Crippen LogP contribution >= 0.6 is 0 Å². The minimum Gasteiger partial charge on any atom is -0.792 e. The average Bonchev–Trinajstić information content (AvgIpc) is 2.77. The fourth-order valence-corrected chi connectivity index (χ4v) is 3.02. The minimum absolute atomic E-state index is 0. The van der Waals surface area contributed by atoms with Gasteiger partial charge in [0.05, 0.1) is 0 Å². The Hall–Kier alpha value is -1.20. The number of fused-ring (bicyclic) bond motifs is 1. The Morgan fingerprint density at radius 1 is 1.06 bits per heavy atom. The van der Waals surface area contributed by atoms with Gasteiger partial charge in [0.15, 0.2) is 13.6 Å². The van der Waals surface area contributed by atoms with Crippen molar-refractivity contribution in [3.8, 4) is 11.5 Å². The molecule has 176 valence electrons. The SMILES string of the molecule is CCOCOc1cc2c(c(OCOCC)c1)C(=O)O[C@H](C)C/C=C/CC/C=C/C(=N/[O-])C2.[K+]. The maximum atomic E-state index is 13.1. The van der Waals surface area contributed by atoms with E-state index in [1.807, 2.05) is 39.0 Å². The topological polar surface area (TPSA) is 98.6 Å².